The maximum Gasteiger partial charge on any atom is 0.191 e. The van der Waals surface area contributed by atoms with Gasteiger partial charge in [0.25, 0.3) is 0 Å². The Balaban J connectivity index is 0.00000210. The topological polar surface area (TPSA) is 55.8 Å². The van der Waals surface area contributed by atoms with E-state index in [2.05, 4.69) is 30.8 Å². The summed E-state index contributed by atoms with van der Waals surface area (Å²) in [5.41, 5.74) is 1.19. The van der Waals surface area contributed by atoms with Crippen LogP contribution in [0, 0.1) is 0 Å². The number of likely N-dealkylation sites (tertiary alicyclic amines) is 1. The lowest BCUT2D eigenvalue weighted by Gasteiger charge is -2.33. The average Bonchev–Trinajstić information content (AvgIpc) is 3.17. The number of nitrogens with one attached hydrogen (secondary N) is 2. The van der Waals surface area contributed by atoms with Crippen LogP contribution in [0.25, 0.3) is 0 Å². The van der Waals surface area contributed by atoms with Crippen LogP contribution in [0.3, 0.4) is 0 Å². The van der Waals surface area contributed by atoms with E-state index in [1.807, 2.05) is 7.05 Å². The first kappa shape index (κ1) is 21.1. The van der Waals surface area contributed by atoms with E-state index >= 15 is 0 Å². The first-order chi connectivity index (χ1) is 12.8. The van der Waals surface area contributed by atoms with E-state index in [1.54, 1.807) is 11.3 Å². The van der Waals surface area contributed by atoms with Crippen LogP contribution in [0.2, 0.25) is 0 Å². The summed E-state index contributed by atoms with van der Waals surface area (Å²) in [6.45, 7) is 5.68. The van der Waals surface area contributed by atoms with Gasteiger partial charge in [-0.05, 0) is 38.5 Å². The number of guanidine groups is 1. The molecule has 0 amide bonds. The monoisotopic (exact) mass is 504 g/mol. The lowest BCUT2D eigenvalue weighted by molar-refractivity contribution is 0.197. The lowest BCUT2D eigenvalue weighted by atomic mass is 10.1. The van der Waals surface area contributed by atoms with Gasteiger partial charge in [0, 0.05) is 63.7 Å². The van der Waals surface area contributed by atoms with Crippen molar-refractivity contribution in [3.05, 3.63) is 11.1 Å². The summed E-state index contributed by atoms with van der Waals surface area (Å²) in [4.78, 5) is 14.3. The first-order valence-electron chi connectivity index (χ1n) is 10.2. The molecule has 0 atom stereocenters. The highest BCUT2D eigenvalue weighted by Crippen LogP contribution is 2.29. The minimum atomic E-state index is 0. The number of halogens is 1. The van der Waals surface area contributed by atoms with Crippen LogP contribution >= 0.6 is 35.3 Å². The number of aromatic nitrogens is 1. The first-order valence-corrected chi connectivity index (χ1v) is 11.1. The van der Waals surface area contributed by atoms with Crippen molar-refractivity contribution in [2.24, 2.45) is 4.99 Å². The van der Waals surface area contributed by atoms with Gasteiger partial charge in [0.2, 0.25) is 0 Å². The van der Waals surface area contributed by atoms with Crippen molar-refractivity contribution in [1.29, 1.82) is 0 Å². The van der Waals surface area contributed by atoms with Crippen LogP contribution in [0.5, 0.6) is 0 Å². The summed E-state index contributed by atoms with van der Waals surface area (Å²) in [6.07, 6.45) is 8.83. The molecule has 0 bridgehead atoms. The highest BCUT2D eigenvalue weighted by atomic mass is 127. The van der Waals surface area contributed by atoms with E-state index in [9.17, 15) is 0 Å². The second kappa shape index (κ2) is 10.2. The largest absolute Gasteiger partial charge is 0.356 e. The fourth-order valence-electron chi connectivity index (χ4n) is 4.01. The van der Waals surface area contributed by atoms with Crippen LogP contribution in [0.4, 0.5) is 5.13 Å². The van der Waals surface area contributed by atoms with Crippen molar-refractivity contribution in [2.75, 3.05) is 44.7 Å². The third-order valence-electron chi connectivity index (χ3n) is 5.75. The van der Waals surface area contributed by atoms with Gasteiger partial charge in [0.1, 0.15) is 0 Å². The molecule has 2 saturated heterocycles. The molecule has 0 aromatic carbocycles. The number of piperidine rings is 1. The molecule has 3 aliphatic rings. The van der Waals surface area contributed by atoms with Crippen molar-refractivity contribution in [1.82, 2.24) is 20.5 Å². The molecule has 0 spiro atoms. The Morgan fingerprint density at radius 2 is 1.93 bits per heavy atom. The Labute approximate surface area is 184 Å². The Kier molecular flexibility index (Phi) is 8.01. The second-order valence-electron chi connectivity index (χ2n) is 7.75. The highest BCUT2D eigenvalue weighted by Gasteiger charge is 2.31. The van der Waals surface area contributed by atoms with Gasteiger partial charge in [-0.25, -0.2) is 4.98 Å². The van der Waals surface area contributed by atoms with Gasteiger partial charge in [-0.1, -0.05) is 0 Å². The van der Waals surface area contributed by atoms with Gasteiger partial charge in [-0.2, -0.15) is 0 Å². The van der Waals surface area contributed by atoms with Crippen LogP contribution in [-0.4, -0.2) is 67.7 Å². The molecule has 8 heteroatoms. The Bertz CT molecular complexity index is 603. The summed E-state index contributed by atoms with van der Waals surface area (Å²) in [5, 5.41) is 10.5. The summed E-state index contributed by atoms with van der Waals surface area (Å²) < 4.78 is 0. The minimum absolute atomic E-state index is 0. The quantitative estimate of drug-likeness (QED) is 0.355. The lowest BCUT2D eigenvalue weighted by Crippen LogP contribution is -2.49. The molecule has 1 saturated carbocycles. The maximum atomic E-state index is 4.80. The summed E-state index contributed by atoms with van der Waals surface area (Å²) in [7, 11) is 1.86. The zero-order chi connectivity index (χ0) is 17.8. The number of thiazole rings is 1. The van der Waals surface area contributed by atoms with E-state index in [1.165, 1.54) is 75.5 Å². The third kappa shape index (κ3) is 5.93. The molecule has 2 N–H and O–H groups in total. The van der Waals surface area contributed by atoms with Crippen LogP contribution in [0.1, 0.15) is 44.2 Å². The smallest absolute Gasteiger partial charge is 0.191 e. The third-order valence-corrected chi connectivity index (χ3v) is 6.70. The number of aliphatic imine (C=N–C) groups is 1. The van der Waals surface area contributed by atoms with E-state index in [0.717, 1.165) is 25.0 Å². The van der Waals surface area contributed by atoms with Crippen molar-refractivity contribution in [3.63, 3.8) is 0 Å². The van der Waals surface area contributed by atoms with Gasteiger partial charge in [0.05, 0.1) is 5.69 Å². The predicted molar refractivity (Wildman–Crippen MR) is 125 cm³/mol. The molecule has 3 fully saturated rings. The van der Waals surface area contributed by atoms with Gasteiger partial charge < -0.3 is 20.4 Å². The SMILES string of the molecule is CN=C(NCCc1csc(N2CCCC2)n1)NC1CCN(C2CC2)CC1.I. The molecule has 0 radical (unpaired) electrons. The standard InChI is InChI=1S/C19H32N6S.HI/c1-20-18(22-15-7-12-24(13-8-15)17-4-5-17)21-9-6-16-14-26-19(23-16)25-10-2-3-11-25;/h14-15,17H,2-13H2,1H3,(H2,20,21,22);1H. The normalized spacial score (nSPS) is 22.0. The van der Waals surface area contributed by atoms with E-state index < -0.39 is 0 Å². The number of nitrogens with zero attached hydrogens (tertiary/aromatic N) is 4. The number of anilines is 1. The Morgan fingerprint density at radius 1 is 1.19 bits per heavy atom. The molecule has 0 unspecified atom stereocenters. The molecule has 1 aromatic heterocycles. The molecule has 6 nitrogen and oxygen atoms in total. The number of hydrogen-bond donors (Lipinski definition) is 2. The second-order valence-corrected chi connectivity index (χ2v) is 8.59. The van der Waals surface area contributed by atoms with Crippen molar-refractivity contribution < 1.29 is 0 Å². The molecular weight excluding hydrogens is 471 g/mol. The summed E-state index contributed by atoms with van der Waals surface area (Å²) in [5.74, 6) is 0.935. The number of rotatable bonds is 6. The van der Waals surface area contributed by atoms with E-state index in [-0.39, 0.29) is 24.0 Å². The van der Waals surface area contributed by atoms with Crippen LogP contribution in [-0.2, 0) is 6.42 Å². The van der Waals surface area contributed by atoms with Crippen LogP contribution < -0.4 is 15.5 Å². The Hall–Kier alpha value is -0.610. The maximum absolute atomic E-state index is 4.80. The molecule has 1 aromatic rings. The van der Waals surface area contributed by atoms with E-state index in [0.29, 0.717) is 6.04 Å². The molecule has 3 heterocycles. The van der Waals surface area contributed by atoms with Gasteiger partial charge >= 0.3 is 0 Å². The molecular formula is C19H33IN6S. The van der Waals surface area contributed by atoms with E-state index in [4.69, 9.17) is 4.98 Å². The molecule has 152 valence electrons. The highest BCUT2D eigenvalue weighted by molar-refractivity contribution is 14.0. The summed E-state index contributed by atoms with van der Waals surface area (Å²) >= 11 is 1.78. The van der Waals surface area contributed by atoms with Gasteiger partial charge in [0.15, 0.2) is 11.1 Å². The fraction of sp³-hybridized carbons (Fsp3) is 0.789. The molecule has 27 heavy (non-hydrogen) atoms. The molecule has 4 rings (SSSR count). The van der Waals surface area contributed by atoms with Crippen LogP contribution in [0.15, 0.2) is 10.4 Å². The zero-order valence-corrected chi connectivity index (χ0v) is 19.5. The summed E-state index contributed by atoms with van der Waals surface area (Å²) in [6, 6.07) is 1.45. The average molecular weight is 504 g/mol. The fourth-order valence-corrected chi connectivity index (χ4v) is 4.92. The zero-order valence-electron chi connectivity index (χ0n) is 16.3. The minimum Gasteiger partial charge on any atom is -0.356 e. The molecule has 2 aliphatic heterocycles. The van der Waals surface area contributed by atoms with Gasteiger partial charge in [-0.15, -0.1) is 35.3 Å². The van der Waals surface area contributed by atoms with Crippen molar-refractivity contribution in [3.8, 4) is 0 Å². The van der Waals surface area contributed by atoms with Crippen molar-refractivity contribution >= 4 is 46.4 Å². The van der Waals surface area contributed by atoms with Gasteiger partial charge in [-0.3, -0.25) is 4.99 Å². The molecule has 1 aliphatic carbocycles. The Morgan fingerprint density at radius 3 is 2.59 bits per heavy atom. The predicted octanol–water partition coefficient (Wildman–Crippen LogP) is 2.70. The number of hydrogen-bond acceptors (Lipinski definition) is 5. The van der Waals surface area contributed by atoms with Crippen molar-refractivity contribution in [2.45, 2.75) is 57.0 Å².